The van der Waals surface area contributed by atoms with Gasteiger partial charge in [0.15, 0.2) is 0 Å². The van der Waals surface area contributed by atoms with E-state index in [1.165, 1.54) is 9.13 Å². The van der Waals surface area contributed by atoms with Crippen molar-refractivity contribution < 1.29 is 0 Å². The van der Waals surface area contributed by atoms with Gasteiger partial charge in [-0.1, -0.05) is 12.1 Å². The average Bonchev–Trinajstić information content (AvgIpc) is 2.70. The molecule has 3 heteroatoms. The molecule has 12 heavy (non-hydrogen) atoms. The molecule has 1 fully saturated rings. The number of benzene rings is 1. The maximum Gasteiger partial charge on any atom is 0.0411 e. The number of rotatable bonds is 1. The summed E-state index contributed by atoms with van der Waals surface area (Å²) in [5, 5.41) is 0. The normalized spacial score (nSPS) is 18.2. The fourth-order valence-corrected chi connectivity index (χ4v) is 1.76. The third-order valence-electron chi connectivity index (χ3n) is 2.19. The highest BCUT2D eigenvalue weighted by molar-refractivity contribution is 14.1. The van der Waals surface area contributed by atoms with Gasteiger partial charge in [0.05, 0.1) is 0 Å². The average molecular weight is 296 g/mol. The summed E-state index contributed by atoms with van der Waals surface area (Å²) in [7, 11) is 0. The molecule has 0 unspecified atom stereocenters. The van der Waals surface area contributed by atoms with Crippen LogP contribution in [0, 0.1) is 3.57 Å². The summed E-state index contributed by atoms with van der Waals surface area (Å²) < 4.78 is 1.27. The predicted octanol–water partition coefficient (Wildman–Crippen LogP) is 2.66. The van der Waals surface area contributed by atoms with Gasteiger partial charge in [-0.05, 0) is 53.1 Å². The lowest BCUT2D eigenvalue weighted by molar-refractivity contribution is 0.739. The van der Waals surface area contributed by atoms with Gasteiger partial charge < -0.3 is 5.73 Å². The first-order valence-corrected chi connectivity index (χ1v) is 4.83. The van der Waals surface area contributed by atoms with Gasteiger partial charge in [-0.3, -0.25) is 0 Å². The van der Waals surface area contributed by atoms with E-state index in [0.29, 0.717) is 0 Å². The fourth-order valence-electron chi connectivity index (χ4n) is 1.22. The van der Waals surface area contributed by atoms with Gasteiger partial charge in [0.25, 0.3) is 0 Å². The molecular formula is C9H11ClIN. The molecule has 1 aliphatic carbocycles. The highest BCUT2D eigenvalue weighted by Crippen LogP contribution is 2.42. The first-order valence-electron chi connectivity index (χ1n) is 3.76. The van der Waals surface area contributed by atoms with Crippen molar-refractivity contribution in [2.75, 3.05) is 0 Å². The van der Waals surface area contributed by atoms with Crippen LogP contribution in [0.25, 0.3) is 0 Å². The topological polar surface area (TPSA) is 26.0 Å². The molecule has 1 aromatic carbocycles. The summed E-state index contributed by atoms with van der Waals surface area (Å²) in [4.78, 5) is 0. The van der Waals surface area contributed by atoms with Crippen LogP contribution in [0.3, 0.4) is 0 Å². The monoisotopic (exact) mass is 295 g/mol. The lowest BCUT2D eigenvalue weighted by atomic mass is 10.1. The molecule has 0 heterocycles. The summed E-state index contributed by atoms with van der Waals surface area (Å²) in [6.07, 6.45) is 2.29. The Kier molecular flexibility index (Phi) is 3.01. The Bertz CT molecular complexity index is 284. The lowest BCUT2D eigenvalue weighted by Crippen LogP contribution is -2.18. The van der Waals surface area contributed by atoms with E-state index < -0.39 is 0 Å². The molecular weight excluding hydrogens is 284 g/mol. The molecule has 0 spiro atoms. The zero-order chi connectivity index (χ0) is 7.90. The van der Waals surface area contributed by atoms with Gasteiger partial charge in [0.2, 0.25) is 0 Å². The Morgan fingerprint density at radius 3 is 2.50 bits per heavy atom. The molecule has 2 rings (SSSR count). The molecule has 0 aliphatic heterocycles. The molecule has 0 atom stereocenters. The van der Waals surface area contributed by atoms with Crippen molar-refractivity contribution in [3.8, 4) is 0 Å². The lowest BCUT2D eigenvalue weighted by Gasteiger charge is -2.08. The Labute approximate surface area is 92.3 Å². The van der Waals surface area contributed by atoms with Gasteiger partial charge in [0, 0.05) is 9.11 Å². The highest BCUT2D eigenvalue weighted by atomic mass is 127. The largest absolute Gasteiger partial charge is 0.321 e. The molecule has 0 amide bonds. The molecule has 1 saturated carbocycles. The summed E-state index contributed by atoms with van der Waals surface area (Å²) in [5.74, 6) is 0. The maximum absolute atomic E-state index is 6.03. The molecule has 2 N–H and O–H groups in total. The second-order valence-electron chi connectivity index (χ2n) is 3.17. The number of nitrogens with two attached hydrogens (primary N) is 1. The molecule has 0 bridgehead atoms. The first-order chi connectivity index (χ1) is 5.21. The van der Waals surface area contributed by atoms with E-state index in [2.05, 4.69) is 46.9 Å². The van der Waals surface area contributed by atoms with Crippen LogP contribution in [-0.4, -0.2) is 0 Å². The minimum atomic E-state index is 0. The van der Waals surface area contributed by atoms with E-state index in [0.717, 1.165) is 12.8 Å². The van der Waals surface area contributed by atoms with Crippen LogP contribution in [0.15, 0.2) is 24.3 Å². The van der Waals surface area contributed by atoms with E-state index in [1.807, 2.05) is 0 Å². The summed E-state index contributed by atoms with van der Waals surface area (Å²) in [5.41, 5.74) is 7.36. The van der Waals surface area contributed by atoms with Gasteiger partial charge in [-0.25, -0.2) is 0 Å². The standard InChI is InChI=1S/C9H10IN.ClH/c10-8-3-1-2-7(6-8)9(11)4-5-9;/h1-3,6H,4-5,11H2;1H. The van der Waals surface area contributed by atoms with E-state index in [-0.39, 0.29) is 17.9 Å². The minimum Gasteiger partial charge on any atom is -0.321 e. The quantitative estimate of drug-likeness (QED) is 0.792. The van der Waals surface area contributed by atoms with Crippen LogP contribution in [-0.2, 0) is 5.54 Å². The smallest absolute Gasteiger partial charge is 0.0411 e. The molecule has 1 nitrogen and oxygen atoms in total. The number of hydrogen-bond acceptors (Lipinski definition) is 1. The van der Waals surface area contributed by atoms with Crippen molar-refractivity contribution >= 4 is 35.0 Å². The zero-order valence-electron chi connectivity index (χ0n) is 6.59. The van der Waals surface area contributed by atoms with Crippen LogP contribution < -0.4 is 5.73 Å². The van der Waals surface area contributed by atoms with Crippen molar-refractivity contribution in [1.29, 1.82) is 0 Å². The van der Waals surface area contributed by atoms with Gasteiger partial charge in [-0.15, -0.1) is 12.4 Å². The third-order valence-corrected chi connectivity index (χ3v) is 2.86. The van der Waals surface area contributed by atoms with Crippen molar-refractivity contribution in [1.82, 2.24) is 0 Å². The molecule has 0 saturated heterocycles. The minimum absolute atomic E-state index is 0. The van der Waals surface area contributed by atoms with Gasteiger partial charge >= 0.3 is 0 Å². The van der Waals surface area contributed by atoms with E-state index in [9.17, 15) is 0 Å². The SMILES string of the molecule is Cl.NC1(c2cccc(I)c2)CC1. The van der Waals surface area contributed by atoms with Gasteiger partial charge in [-0.2, -0.15) is 0 Å². The summed E-state index contributed by atoms with van der Waals surface area (Å²) in [6, 6.07) is 8.46. The number of hydrogen-bond donors (Lipinski definition) is 1. The maximum atomic E-state index is 6.03. The van der Waals surface area contributed by atoms with E-state index in [4.69, 9.17) is 5.73 Å². The van der Waals surface area contributed by atoms with E-state index >= 15 is 0 Å². The number of halogens is 2. The molecule has 0 aromatic heterocycles. The van der Waals surface area contributed by atoms with E-state index in [1.54, 1.807) is 0 Å². The Hall–Kier alpha value is 0.200. The second kappa shape index (κ2) is 3.52. The van der Waals surface area contributed by atoms with Crippen molar-refractivity contribution in [2.45, 2.75) is 18.4 Å². The van der Waals surface area contributed by atoms with Crippen LogP contribution in [0.1, 0.15) is 18.4 Å². The van der Waals surface area contributed by atoms with Crippen molar-refractivity contribution in [2.24, 2.45) is 5.73 Å². The Morgan fingerprint density at radius 1 is 1.33 bits per heavy atom. The highest BCUT2D eigenvalue weighted by Gasteiger charge is 2.39. The molecule has 1 aliphatic rings. The molecule has 66 valence electrons. The second-order valence-corrected chi connectivity index (χ2v) is 4.41. The Morgan fingerprint density at radius 2 is 2.00 bits per heavy atom. The van der Waals surface area contributed by atoms with Crippen molar-refractivity contribution in [3.63, 3.8) is 0 Å². The van der Waals surface area contributed by atoms with Crippen LogP contribution >= 0.6 is 35.0 Å². The first kappa shape index (κ1) is 10.3. The molecule has 0 radical (unpaired) electrons. The van der Waals surface area contributed by atoms with Crippen molar-refractivity contribution in [3.05, 3.63) is 33.4 Å². The van der Waals surface area contributed by atoms with Gasteiger partial charge in [0.1, 0.15) is 0 Å². The predicted molar refractivity (Wildman–Crippen MR) is 61.5 cm³/mol. The van der Waals surface area contributed by atoms with Crippen LogP contribution in [0.2, 0.25) is 0 Å². The van der Waals surface area contributed by atoms with Crippen LogP contribution in [0.5, 0.6) is 0 Å². The fraction of sp³-hybridized carbons (Fsp3) is 0.333. The summed E-state index contributed by atoms with van der Waals surface area (Å²) >= 11 is 2.32. The third kappa shape index (κ3) is 1.92. The Balaban J connectivity index is 0.000000720. The summed E-state index contributed by atoms with van der Waals surface area (Å²) in [6.45, 7) is 0. The molecule has 1 aromatic rings. The van der Waals surface area contributed by atoms with Crippen LogP contribution in [0.4, 0.5) is 0 Å². The zero-order valence-corrected chi connectivity index (χ0v) is 9.56.